The lowest BCUT2D eigenvalue weighted by Crippen LogP contribution is -2.24. The highest BCUT2D eigenvalue weighted by molar-refractivity contribution is 14.1. The molecule has 0 saturated heterocycles. The molecule has 0 heterocycles. The van der Waals surface area contributed by atoms with Crippen LogP contribution in [0.2, 0.25) is 0 Å². The van der Waals surface area contributed by atoms with Gasteiger partial charge >= 0.3 is 0 Å². The first-order valence-electron chi connectivity index (χ1n) is 4.27. The van der Waals surface area contributed by atoms with Gasteiger partial charge in [0.2, 0.25) is 0 Å². The van der Waals surface area contributed by atoms with Gasteiger partial charge in [-0.3, -0.25) is 9.63 Å². The molecule has 1 aromatic rings. The van der Waals surface area contributed by atoms with Gasteiger partial charge in [-0.2, -0.15) is 0 Å². The Balaban J connectivity index is 2.75. The number of hydroxylamine groups is 1. The standard InChI is InChI=1S/C11H10INO2/c1-3-7-15-13-11(14)9-6-4-5-8(2)10(9)12/h1,4-6H,7H2,2H3,(H,13,14). The van der Waals surface area contributed by atoms with Crippen LogP contribution in [-0.2, 0) is 4.84 Å². The zero-order valence-electron chi connectivity index (χ0n) is 8.21. The van der Waals surface area contributed by atoms with Gasteiger partial charge in [-0.25, -0.2) is 5.48 Å². The first-order valence-corrected chi connectivity index (χ1v) is 5.35. The van der Waals surface area contributed by atoms with Gasteiger partial charge in [0.25, 0.3) is 5.91 Å². The number of aryl methyl sites for hydroxylation is 1. The Kier molecular flexibility index (Phi) is 4.59. The van der Waals surface area contributed by atoms with Gasteiger partial charge < -0.3 is 0 Å². The number of rotatable bonds is 3. The molecule has 0 fully saturated rings. The normalized spacial score (nSPS) is 9.40. The molecule has 0 saturated carbocycles. The Hall–Kier alpha value is -1.06. The first-order chi connectivity index (χ1) is 7.16. The Morgan fingerprint density at radius 3 is 3.07 bits per heavy atom. The minimum absolute atomic E-state index is 0.0636. The van der Waals surface area contributed by atoms with Crippen LogP contribution in [0.5, 0.6) is 0 Å². The highest BCUT2D eigenvalue weighted by Crippen LogP contribution is 2.16. The SMILES string of the molecule is C#CCONC(=O)c1cccc(C)c1I. The van der Waals surface area contributed by atoms with Crippen molar-refractivity contribution in [3.05, 3.63) is 32.9 Å². The van der Waals surface area contributed by atoms with Crippen molar-refractivity contribution in [3.8, 4) is 12.3 Å². The average Bonchev–Trinajstić information content (AvgIpc) is 2.22. The summed E-state index contributed by atoms with van der Waals surface area (Å²) >= 11 is 2.12. The molecule has 0 aliphatic heterocycles. The van der Waals surface area contributed by atoms with Crippen molar-refractivity contribution in [2.24, 2.45) is 0 Å². The summed E-state index contributed by atoms with van der Waals surface area (Å²) in [6, 6.07) is 5.51. The molecule has 0 bridgehead atoms. The monoisotopic (exact) mass is 315 g/mol. The summed E-state index contributed by atoms with van der Waals surface area (Å²) in [4.78, 5) is 16.3. The molecule has 15 heavy (non-hydrogen) atoms. The van der Waals surface area contributed by atoms with Gasteiger partial charge in [-0.15, -0.1) is 6.42 Å². The van der Waals surface area contributed by atoms with Crippen LogP contribution in [0.25, 0.3) is 0 Å². The van der Waals surface area contributed by atoms with Gasteiger partial charge in [0.15, 0.2) is 0 Å². The fourth-order valence-electron chi connectivity index (χ4n) is 1.02. The van der Waals surface area contributed by atoms with Crippen LogP contribution in [0, 0.1) is 22.8 Å². The van der Waals surface area contributed by atoms with Crippen molar-refractivity contribution in [2.75, 3.05) is 6.61 Å². The number of halogens is 1. The van der Waals surface area contributed by atoms with Crippen molar-refractivity contribution in [3.63, 3.8) is 0 Å². The summed E-state index contributed by atoms with van der Waals surface area (Å²) in [5, 5.41) is 0. The second-order valence-electron chi connectivity index (χ2n) is 2.86. The van der Waals surface area contributed by atoms with Crippen LogP contribution in [-0.4, -0.2) is 12.5 Å². The fourth-order valence-corrected chi connectivity index (χ4v) is 1.63. The van der Waals surface area contributed by atoms with Crippen LogP contribution in [0.1, 0.15) is 15.9 Å². The van der Waals surface area contributed by atoms with E-state index in [-0.39, 0.29) is 12.5 Å². The van der Waals surface area contributed by atoms with Crippen LogP contribution in [0.15, 0.2) is 18.2 Å². The predicted octanol–water partition coefficient (Wildman–Crippen LogP) is 1.89. The minimum Gasteiger partial charge on any atom is -0.267 e. The lowest BCUT2D eigenvalue weighted by Gasteiger charge is -2.06. The van der Waals surface area contributed by atoms with E-state index >= 15 is 0 Å². The molecule has 0 aliphatic carbocycles. The maximum absolute atomic E-state index is 11.6. The van der Waals surface area contributed by atoms with E-state index in [0.717, 1.165) is 9.13 Å². The molecule has 0 spiro atoms. The van der Waals surface area contributed by atoms with E-state index in [1.54, 1.807) is 6.07 Å². The van der Waals surface area contributed by atoms with Crippen LogP contribution in [0.4, 0.5) is 0 Å². The van der Waals surface area contributed by atoms with Gasteiger partial charge in [0.05, 0.1) is 5.56 Å². The number of terminal acetylenes is 1. The smallest absolute Gasteiger partial charge is 0.267 e. The van der Waals surface area contributed by atoms with Crippen molar-refractivity contribution in [1.29, 1.82) is 0 Å². The number of carbonyl (C=O) groups is 1. The number of nitrogens with one attached hydrogen (secondary N) is 1. The van der Waals surface area contributed by atoms with Gasteiger partial charge in [0, 0.05) is 3.57 Å². The molecule has 0 aliphatic rings. The number of carbonyl (C=O) groups excluding carboxylic acids is 1. The second-order valence-corrected chi connectivity index (χ2v) is 3.94. The molecule has 78 valence electrons. The third-order valence-electron chi connectivity index (χ3n) is 1.76. The van der Waals surface area contributed by atoms with Crippen molar-refractivity contribution < 1.29 is 9.63 Å². The molecule has 1 N–H and O–H groups in total. The molecule has 1 rings (SSSR count). The predicted molar refractivity (Wildman–Crippen MR) is 66.1 cm³/mol. The zero-order valence-corrected chi connectivity index (χ0v) is 10.4. The maximum atomic E-state index is 11.6. The molecular weight excluding hydrogens is 305 g/mol. The van der Waals surface area contributed by atoms with Gasteiger partial charge in [-0.05, 0) is 41.1 Å². The fraction of sp³-hybridized carbons (Fsp3) is 0.182. The van der Waals surface area contributed by atoms with E-state index in [2.05, 4.69) is 34.0 Å². The molecule has 1 aromatic carbocycles. The quantitative estimate of drug-likeness (QED) is 0.400. The maximum Gasteiger partial charge on any atom is 0.275 e. The summed E-state index contributed by atoms with van der Waals surface area (Å²) in [5.41, 5.74) is 3.93. The topological polar surface area (TPSA) is 38.3 Å². The van der Waals surface area contributed by atoms with E-state index in [0.29, 0.717) is 5.56 Å². The van der Waals surface area contributed by atoms with Crippen molar-refractivity contribution in [2.45, 2.75) is 6.92 Å². The summed E-state index contributed by atoms with van der Waals surface area (Å²) < 4.78 is 0.914. The van der Waals surface area contributed by atoms with Crippen LogP contribution < -0.4 is 5.48 Å². The highest BCUT2D eigenvalue weighted by Gasteiger charge is 2.10. The minimum atomic E-state index is -0.279. The molecule has 0 radical (unpaired) electrons. The molecule has 3 nitrogen and oxygen atoms in total. The van der Waals surface area contributed by atoms with Crippen molar-refractivity contribution in [1.82, 2.24) is 5.48 Å². The lowest BCUT2D eigenvalue weighted by atomic mass is 10.1. The second kappa shape index (κ2) is 5.73. The molecule has 1 amide bonds. The third-order valence-corrected chi connectivity index (χ3v) is 3.19. The molecule has 0 atom stereocenters. The van der Waals surface area contributed by atoms with Gasteiger partial charge in [-0.1, -0.05) is 18.1 Å². The van der Waals surface area contributed by atoms with Crippen LogP contribution >= 0.6 is 22.6 Å². The summed E-state index contributed by atoms with van der Waals surface area (Å²) in [5.74, 6) is 1.98. The van der Waals surface area contributed by atoms with E-state index in [1.165, 1.54) is 0 Å². The first kappa shape index (κ1) is 12.0. The summed E-state index contributed by atoms with van der Waals surface area (Å²) in [6.07, 6.45) is 4.98. The van der Waals surface area contributed by atoms with E-state index in [9.17, 15) is 4.79 Å². The zero-order chi connectivity index (χ0) is 11.3. The summed E-state index contributed by atoms with van der Waals surface area (Å²) in [6.45, 7) is 2.01. The van der Waals surface area contributed by atoms with E-state index in [4.69, 9.17) is 11.3 Å². The van der Waals surface area contributed by atoms with Gasteiger partial charge in [0.1, 0.15) is 6.61 Å². The van der Waals surface area contributed by atoms with Crippen molar-refractivity contribution >= 4 is 28.5 Å². The molecule has 4 heteroatoms. The number of amides is 1. The lowest BCUT2D eigenvalue weighted by molar-refractivity contribution is 0.0437. The largest absolute Gasteiger partial charge is 0.275 e. The van der Waals surface area contributed by atoms with Crippen LogP contribution in [0.3, 0.4) is 0 Å². The Bertz CT molecular complexity index is 410. The van der Waals surface area contributed by atoms with E-state index < -0.39 is 0 Å². The number of benzene rings is 1. The Morgan fingerprint density at radius 1 is 1.67 bits per heavy atom. The molecule has 0 unspecified atom stereocenters. The Labute approximate surface area is 102 Å². The number of hydrogen-bond donors (Lipinski definition) is 1. The molecule has 0 aromatic heterocycles. The number of hydrogen-bond acceptors (Lipinski definition) is 2. The highest BCUT2D eigenvalue weighted by atomic mass is 127. The van der Waals surface area contributed by atoms with E-state index in [1.807, 2.05) is 19.1 Å². The average molecular weight is 315 g/mol. The Morgan fingerprint density at radius 2 is 2.40 bits per heavy atom. The summed E-state index contributed by atoms with van der Waals surface area (Å²) in [7, 11) is 0. The molecular formula is C11H10INO2. The third kappa shape index (κ3) is 3.22.